The van der Waals surface area contributed by atoms with Gasteiger partial charge in [0.25, 0.3) is 5.91 Å². The van der Waals surface area contributed by atoms with E-state index in [0.29, 0.717) is 10.0 Å². The maximum atomic E-state index is 12.4. The van der Waals surface area contributed by atoms with Crippen molar-refractivity contribution in [3.05, 3.63) is 31.8 Å². The number of hydrogen-bond donors (Lipinski definition) is 2. The number of aliphatic carboxylic acids is 1. The predicted octanol–water partition coefficient (Wildman–Crippen LogP) is 3.67. The molecule has 0 unspecified atom stereocenters. The zero-order valence-electron chi connectivity index (χ0n) is 11.8. The second kappa shape index (κ2) is 6.01. The van der Waals surface area contributed by atoms with Crippen molar-refractivity contribution < 1.29 is 14.7 Å². The van der Waals surface area contributed by atoms with Gasteiger partial charge in [-0.15, -0.1) is 0 Å². The zero-order chi connectivity index (χ0) is 15.7. The van der Waals surface area contributed by atoms with Gasteiger partial charge < -0.3 is 10.4 Å². The zero-order valence-corrected chi connectivity index (χ0v) is 15.5. The molecular weight excluding hydrogens is 437 g/mol. The molecule has 1 amide bonds. The van der Waals surface area contributed by atoms with Gasteiger partial charge in [0.05, 0.1) is 16.5 Å². The first-order chi connectivity index (χ1) is 8.99. The van der Waals surface area contributed by atoms with Crippen LogP contribution in [0.3, 0.4) is 0 Å². The van der Waals surface area contributed by atoms with E-state index in [2.05, 4.69) is 43.8 Å². The van der Waals surface area contributed by atoms with Gasteiger partial charge in [-0.05, 0) is 84.4 Å². The van der Waals surface area contributed by atoms with E-state index < -0.39 is 16.9 Å². The number of carbonyl (C=O) groups excluding carboxylic acids is 1. The Morgan fingerprint density at radius 1 is 1.25 bits per heavy atom. The summed E-state index contributed by atoms with van der Waals surface area (Å²) in [7, 11) is 0. The molecule has 2 N–H and O–H groups in total. The number of benzene rings is 1. The van der Waals surface area contributed by atoms with Crippen molar-refractivity contribution in [3.8, 4) is 0 Å². The van der Waals surface area contributed by atoms with Crippen LogP contribution in [-0.2, 0) is 4.79 Å². The molecule has 6 heteroatoms. The fourth-order valence-electron chi connectivity index (χ4n) is 1.45. The van der Waals surface area contributed by atoms with Crippen molar-refractivity contribution in [2.75, 3.05) is 0 Å². The van der Waals surface area contributed by atoms with Crippen molar-refractivity contribution in [1.82, 2.24) is 5.32 Å². The molecule has 110 valence electrons. The first kappa shape index (κ1) is 17.4. The highest BCUT2D eigenvalue weighted by Crippen LogP contribution is 2.31. The molecule has 1 aromatic carbocycles. The van der Waals surface area contributed by atoms with Gasteiger partial charge in [0.15, 0.2) is 0 Å². The molecule has 0 saturated heterocycles. The van der Waals surface area contributed by atoms with E-state index >= 15 is 0 Å². The molecule has 0 spiro atoms. The normalized spacial score (nSPS) is 12.1. The third kappa shape index (κ3) is 3.52. The van der Waals surface area contributed by atoms with E-state index in [0.717, 1.165) is 3.57 Å². The fourth-order valence-corrected chi connectivity index (χ4v) is 2.36. The predicted molar refractivity (Wildman–Crippen MR) is 89.8 cm³/mol. The lowest BCUT2D eigenvalue weighted by Crippen LogP contribution is -2.57. The van der Waals surface area contributed by atoms with Gasteiger partial charge in [-0.25, -0.2) is 0 Å². The minimum atomic E-state index is -1.09. The Morgan fingerprint density at radius 2 is 1.80 bits per heavy atom. The molecule has 1 rings (SSSR count). The standard InChI is InChI=1S/C14H17BrINO3/c1-13(2,12(19)20)14(3,4)17-11(18)9-7-8(16)5-6-10(9)15/h5-7H,1-4H3,(H,17,18)(H,19,20). The average molecular weight is 454 g/mol. The van der Waals surface area contributed by atoms with Crippen LogP contribution in [0.2, 0.25) is 0 Å². The molecule has 1 aromatic rings. The highest BCUT2D eigenvalue weighted by atomic mass is 127. The van der Waals surface area contributed by atoms with Gasteiger partial charge in [-0.2, -0.15) is 0 Å². The molecule has 4 nitrogen and oxygen atoms in total. The van der Waals surface area contributed by atoms with E-state index in [1.54, 1.807) is 39.8 Å². The SMILES string of the molecule is CC(C)(NC(=O)c1cc(I)ccc1Br)C(C)(C)C(=O)O. The molecule has 20 heavy (non-hydrogen) atoms. The summed E-state index contributed by atoms with van der Waals surface area (Å²) in [6.45, 7) is 6.61. The molecular formula is C14H17BrINO3. The Bertz CT molecular complexity index is 555. The van der Waals surface area contributed by atoms with Crippen LogP contribution >= 0.6 is 38.5 Å². The average Bonchev–Trinajstić information content (AvgIpc) is 2.31. The van der Waals surface area contributed by atoms with Crippen molar-refractivity contribution in [2.45, 2.75) is 33.2 Å². The van der Waals surface area contributed by atoms with Gasteiger partial charge in [-0.3, -0.25) is 9.59 Å². The quantitative estimate of drug-likeness (QED) is 0.683. The number of carbonyl (C=O) groups is 2. The summed E-state index contributed by atoms with van der Waals surface area (Å²) in [5.41, 5.74) is -1.49. The lowest BCUT2D eigenvalue weighted by Gasteiger charge is -2.38. The summed E-state index contributed by atoms with van der Waals surface area (Å²) >= 11 is 5.46. The van der Waals surface area contributed by atoms with Crippen LogP contribution in [0.5, 0.6) is 0 Å². The van der Waals surface area contributed by atoms with Gasteiger partial charge in [-0.1, -0.05) is 0 Å². The Balaban J connectivity index is 3.06. The van der Waals surface area contributed by atoms with Crippen LogP contribution in [0, 0.1) is 8.99 Å². The number of halogens is 2. The number of carboxylic acids is 1. The summed E-state index contributed by atoms with van der Waals surface area (Å²) in [5.74, 6) is -1.25. The molecule has 0 bridgehead atoms. The monoisotopic (exact) mass is 453 g/mol. The van der Waals surface area contributed by atoms with Crippen LogP contribution in [-0.4, -0.2) is 22.5 Å². The second-order valence-electron chi connectivity index (χ2n) is 5.63. The summed E-state index contributed by atoms with van der Waals surface area (Å²) in [5, 5.41) is 12.1. The Morgan fingerprint density at radius 3 is 2.30 bits per heavy atom. The topological polar surface area (TPSA) is 66.4 Å². The van der Waals surface area contributed by atoms with Gasteiger partial charge in [0.2, 0.25) is 0 Å². The fraction of sp³-hybridized carbons (Fsp3) is 0.429. The van der Waals surface area contributed by atoms with Crippen LogP contribution in [0.25, 0.3) is 0 Å². The Labute approximate surface area is 140 Å². The Hall–Kier alpha value is -0.630. The molecule has 0 aliphatic rings. The van der Waals surface area contributed by atoms with Gasteiger partial charge in [0.1, 0.15) is 0 Å². The highest BCUT2D eigenvalue weighted by molar-refractivity contribution is 14.1. The minimum Gasteiger partial charge on any atom is -0.481 e. The second-order valence-corrected chi connectivity index (χ2v) is 7.73. The first-order valence-electron chi connectivity index (χ1n) is 6.00. The molecule has 0 atom stereocenters. The van der Waals surface area contributed by atoms with E-state index in [9.17, 15) is 14.7 Å². The molecule has 0 saturated carbocycles. The van der Waals surface area contributed by atoms with Crippen molar-refractivity contribution in [2.24, 2.45) is 5.41 Å². The lowest BCUT2D eigenvalue weighted by molar-refractivity contribution is -0.150. The summed E-state index contributed by atoms with van der Waals surface area (Å²) < 4.78 is 1.62. The molecule has 0 fully saturated rings. The summed E-state index contributed by atoms with van der Waals surface area (Å²) in [4.78, 5) is 23.7. The maximum absolute atomic E-state index is 12.4. The number of nitrogens with one attached hydrogen (secondary N) is 1. The van der Waals surface area contributed by atoms with Crippen LogP contribution in [0.4, 0.5) is 0 Å². The third-order valence-corrected chi connectivity index (χ3v) is 5.06. The van der Waals surface area contributed by atoms with Gasteiger partial charge >= 0.3 is 5.97 Å². The largest absolute Gasteiger partial charge is 0.481 e. The maximum Gasteiger partial charge on any atom is 0.311 e. The van der Waals surface area contributed by atoms with Gasteiger partial charge in [0, 0.05) is 8.04 Å². The molecule has 0 radical (unpaired) electrons. The number of rotatable bonds is 4. The molecule has 0 aromatic heterocycles. The summed E-state index contributed by atoms with van der Waals surface area (Å²) in [6, 6.07) is 5.43. The first-order valence-corrected chi connectivity index (χ1v) is 7.87. The molecule has 0 aliphatic heterocycles. The van der Waals surface area contributed by atoms with E-state index in [1.807, 2.05) is 6.07 Å². The smallest absolute Gasteiger partial charge is 0.311 e. The van der Waals surface area contributed by atoms with Crippen LogP contribution in [0.15, 0.2) is 22.7 Å². The van der Waals surface area contributed by atoms with E-state index in [-0.39, 0.29) is 5.91 Å². The van der Waals surface area contributed by atoms with Crippen molar-refractivity contribution in [3.63, 3.8) is 0 Å². The molecule has 0 heterocycles. The van der Waals surface area contributed by atoms with Crippen LogP contribution in [0.1, 0.15) is 38.1 Å². The lowest BCUT2D eigenvalue weighted by atomic mass is 9.74. The number of amides is 1. The van der Waals surface area contributed by atoms with E-state index in [1.165, 1.54) is 0 Å². The molecule has 0 aliphatic carbocycles. The van der Waals surface area contributed by atoms with Crippen molar-refractivity contribution in [1.29, 1.82) is 0 Å². The summed E-state index contributed by atoms with van der Waals surface area (Å²) in [6.07, 6.45) is 0. The highest BCUT2D eigenvalue weighted by Gasteiger charge is 2.44. The van der Waals surface area contributed by atoms with Crippen LogP contribution < -0.4 is 5.32 Å². The number of carboxylic acid groups (broad SMARTS) is 1. The third-order valence-electron chi connectivity index (χ3n) is 3.70. The van der Waals surface area contributed by atoms with Crippen molar-refractivity contribution >= 4 is 50.4 Å². The Kier molecular flexibility index (Phi) is 5.23. The van der Waals surface area contributed by atoms with E-state index in [4.69, 9.17) is 0 Å². The number of hydrogen-bond acceptors (Lipinski definition) is 2. The minimum absolute atomic E-state index is 0.297.